The fourth-order valence-electron chi connectivity index (χ4n) is 2.99. The molecule has 150 valence electrons. The van der Waals surface area contributed by atoms with Crippen LogP contribution in [0.2, 0.25) is 0 Å². The van der Waals surface area contributed by atoms with Gasteiger partial charge in [0.25, 0.3) is 0 Å². The first-order valence-corrected chi connectivity index (χ1v) is 10.2. The molecule has 0 N–H and O–H groups in total. The Bertz CT molecular complexity index is 450. The summed E-state index contributed by atoms with van der Waals surface area (Å²) in [4.78, 5) is 0. The van der Waals surface area contributed by atoms with Gasteiger partial charge >= 0.3 is 0 Å². The minimum absolute atomic E-state index is 0. The number of nitrogens with zero attached hydrogens (tertiary/aromatic N) is 1. The quantitative estimate of drug-likeness (QED) is 0.309. The van der Waals surface area contributed by atoms with Crippen molar-refractivity contribution in [3.05, 3.63) is 36.4 Å². The van der Waals surface area contributed by atoms with Gasteiger partial charge < -0.3 is 26.2 Å². The second-order valence-electron chi connectivity index (χ2n) is 8.17. The third kappa shape index (κ3) is 14.4. The first-order chi connectivity index (χ1) is 12.0. The van der Waals surface area contributed by atoms with Crippen molar-refractivity contribution in [2.75, 3.05) is 34.3 Å². The van der Waals surface area contributed by atoms with Crippen molar-refractivity contribution >= 4 is 6.08 Å². The van der Waals surface area contributed by atoms with Crippen molar-refractivity contribution in [2.24, 2.45) is 0 Å². The number of hydrogen-bond acceptors (Lipinski definition) is 1. The number of benzene rings is 1. The second kappa shape index (κ2) is 15.3. The topological polar surface area (TPSA) is 9.23 Å². The summed E-state index contributed by atoms with van der Waals surface area (Å²) in [6.45, 7) is 5.90. The molecule has 0 heterocycles. The molecule has 0 atom stereocenters. The molecule has 0 saturated heterocycles. The van der Waals surface area contributed by atoms with Gasteiger partial charge in [0.05, 0.1) is 34.3 Å². The molecule has 3 heteroatoms. The van der Waals surface area contributed by atoms with Crippen molar-refractivity contribution in [2.45, 2.75) is 64.2 Å². The number of unbranched alkanes of at least 4 members (excludes halogenated alkanes) is 9. The Hall–Kier alpha value is -0.800. The zero-order valence-electron chi connectivity index (χ0n) is 17.3. The van der Waals surface area contributed by atoms with Crippen molar-refractivity contribution in [1.29, 1.82) is 0 Å². The molecule has 0 bridgehead atoms. The highest BCUT2D eigenvalue weighted by Gasteiger charge is 2.04. The minimum Gasteiger partial charge on any atom is -1.00 e. The number of hydrogen-bond donors (Lipinski definition) is 0. The lowest BCUT2D eigenvalue weighted by Gasteiger charge is -2.23. The third-order valence-corrected chi connectivity index (χ3v) is 4.61. The van der Waals surface area contributed by atoms with E-state index in [-0.39, 0.29) is 17.0 Å². The number of rotatable bonds is 15. The maximum atomic E-state index is 5.78. The normalized spacial score (nSPS) is 11.0. The van der Waals surface area contributed by atoms with E-state index in [0.717, 1.165) is 28.8 Å². The lowest BCUT2D eigenvalue weighted by atomic mass is 10.1. The molecule has 0 aromatic heterocycles. The monoisotopic (exact) mass is 425 g/mol. The molecule has 0 amide bonds. The highest BCUT2D eigenvalue weighted by Crippen LogP contribution is 2.14. The Morgan fingerprint density at radius 2 is 1.23 bits per heavy atom. The van der Waals surface area contributed by atoms with Crippen molar-refractivity contribution in [1.82, 2.24) is 0 Å². The van der Waals surface area contributed by atoms with Crippen molar-refractivity contribution in [3.8, 4) is 5.75 Å². The molecule has 1 rings (SSSR count). The average molecular weight is 426 g/mol. The van der Waals surface area contributed by atoms with Gasteiger partial charge in [-0.2, -0.15) is 0 Å². The molecule has 1 aromatic rings. The van der Waals surface area contributed by atoms with E-state index in [9.17, 15) is 0 Å². The van der Waals surface area contributed by atoms with Crippen LogP contribution in [0.4, 0.5) is 0 Å². The Labute approximate surface area is 173 Å². The molecule has 0 radical (unpaired) electrons. The van der Waals surface area contributed by atoms with E-state index in [1.54, 1.807) is 0 Å². The summed E-state index contributed by atoms with van der Waals surface area (Å²) in [6, 6.07) is 8.14. The van der Waals surface area contributed by atoms with E-state index in [1.165, 1.54) is 64.3 Å². The fraction of sp³-hybridized carbons (Fsp3) is 0.652. The molecule has 2 nitrogen and oxygen atoms in total. The van der Waals surface area contributed by atoms with Crippen molar-refractivity contribution in [3.63, 3.8) is 0 Å². The van der Waals surface area contributed by atoms with Crippen LogP contribution >= 0.6 is 0 Å². The second-order valence-corrected chi connectivity index (χ2v) is 8.17. The van der Waals surface area contributed by atoms with Crippen LogP contribution in [0, 0.1) is 0 Å². The Kier molecular flexibility index (Phi) is 14.8. The van der Waals surface area contributed by atoms with Crippen LogP contribution in [0.5, 0.6) is 5.75 Å². The number of ether oxygens (including phenoxy) is 1. The zero-order chi connectivity index (χ0) is 18.4. The third-order valence-electron chi connectivity index (χ3n) is 4.61. The summed E-state index contributed by atoms with van der Waals surface area (Å²) < 4.78 is 6.88. The van der Waals surface area contributed by atoms with Gasteiger partial charge in [-0.3, -0.25) is 0 Å². The van der Waals surface area contributed by atoms with E-state index >= 15 is 0 Å². The zero-order valence-corrected chi connectivity index (χ0v) is 18.9. The van der Waals surface area contributed by atoms with Crippen LogP contribution in [0.15, 0.2) is 30.8 Å². The van der Waals surface area contributed by atoms with E-state index in [0.29, 0.717) is 0 Å². The maximum absolute atomic E-state index is 5.78. The summed E-state index contributed by atoms with van der Waals surface area (Å²) in [5, 5.41) is 0. The van der Waals surface area contributed by atoms with Gasteiger partial charge in [0.15, 0.2) is 0 Å². The number of halogens is 1. The molecule has 0 aliphatic carbocycles. The van der Waals surface area contributed by atoms with Gasteiger partial charge in [0.2, 0.25) is 0 Å². The van der Waals surface area contributed by atoms with E-state index < -0.39 is 0 Å². The summed E-state index contributed by atoms with van der Waals surface area (Å²) in [7, 11) is 6.84. The van der Waals surface area contributed by atoms with Gasteiger partial charge in [-0.05, 0) is 37.0 Å². The van der Waals surface area contributed by atoms with Gasteiger partial charge in [-0.15, -0.1) is 0 Å². The Morgan fingerprint density at radius 3 is 1.69 bits per heavy atom. The molecule has 0 unspecified atom stereocenters. The van der Waals surface area contributed by atoms with E-state index in [1.807, 2.05) is 30.3 Å². The van der Waals surface area contributed by atoms with Gasteiger partial charge in [-0.1, -0.05) is 69.7 Å². The SMILES string of the molecule is C=Cc1ccc(OCCCCCCCCCCCC[N+](C)(C)C)cc1.[Br-]. The molecule has 0 fully saturated rings. The molecule has 1 aromatic carbocycles. The molecule has 0 spiro atoms. The van der Waals surface area contributed by atoms with Gasteiger partial charge in [0.1, 0.15) is 5.75 Å². The average Bonchev–Trinajstić information content (AvgIpc) is 2.58. The first kappa shape index (κ1) is 25.2. The fourth-order valence-corrected chi connectivity index (χ4v) is 2.99. The van der Waals surface area contributed by atoms with Crippen LogP contribution in [0.25, 0.3) is 6.08 Å². The van der Waals surface area contributed by atoms with Crippen LogP contribution in [0.1, 0.15) is 69.8 Å². The van der Waals surface area contributed by atoms with Crippen LogP contribution in [-0.4, -0.2) is 38.8 Å². The molecule has 0 aliphatic rings. The summed E-state index contributed by atoms with van der Waals surface area (Å²) in [6.07, 6.45) is 15.5. The molecule has 0 aliphatic heterocycles. The Morgan fingerprint density at radius 1 is 0.769 bits per heavy atom. The lowest BCUT2D eigenvalue weighted by Crippen LogP contribution is -3.00. The van der Waals surface area contributed by atoms with E-state index in [4.69, 9.17) is 4.74 Å². The molecule has 26 heavy (non-hydrogen) atoms. The predicted octanol–water partition coefficient (Wildman–Crippen LogP) is 3.32. The Balaban J connectivity index is 0.00000625. The van der Waals surface area contributed by atoms with Crippen molar-refractivity contribution < 1.29 is 26.2 Å². The van der Waals surface area contributed by atoms with Gasteiger partial charge in [-0.25, -0.2) is 0 Å². The highest BCUT2D eigenvalue weighted by atomic mass is 79.9. The van der Waals surface area contributed by atoms with Crippen LogP contribution in [-0.2, 0) is 0 Å². The number of quaternary nitrogens is 1. The predicted molar refractivity (Wildman–Crippen MR) is 111 cm³/mol. The largest absolute Gasteiger partial charge is 1.00 e. The minimum atomic E-state index is 0. The van der Waals surface area contributed by atoms with Crippen LogP contribution < -0.4 is 21.7 Å². The standard InChI is InChI=1S/C23H40NO.BrH/c1-5-22-16-18-23(19-17-22)25-21-15-13-11-9-7-6-8-10-12-14-20-24(2,3)4;/h5,16-19H,1,6-15,20-21H2,2-4H3;1H/q+1;/p-1. The lowest BCUT2D eigenvalue weighted by molar-refractivity contribution is -0.870. The molecular formula is C23H40BrNO. The smallest absolute Gasteiger partial charge is 0.119 e. The van der Waals surface area contributed by atoms with E-state index in [2.05, 4.69) is 27.7 Å². The molecule has 0 saturated carbocycles. The maximum Gasteiger partial charge on any atom is 0.119 e. The first-order valence-electron chi connectivity index (χ1n) is 10.2. The highest BCUT2D eigenvalue weighted by molar-refractivity contribution is 5.48. The summed E-state index contributed by atoms with van der Waals surface area (Å²) in [5.41, 5.74) is 1.14. The summed E-state index contributed by atoms with van der Waals surface area (Å²) in [5.74, 6) is 0.968. The van der Waals surface area contributed by atoms with Gasteiger partial charge in [0, 0.05) is 0 Å². The van der Waals surface area contributed by atoms with Crippen LogP contribution in [0.3, 0.4) is 0 Å². The summed E-state index contributed by atoms with van der Waals surface area (Å²) >= 11 is 0. The molecular weight excluding hydrogens is 386 g/mol.